The summed E-state index contributed by atoms with van der Waals surface area (Å²) in [5, 5.41) is 2.51. The van der Waals surface area contributed by atoms with Crippen molar-refractivity contribution in [3.05, 3.63) is 187 Å². The molecular weight excluding hydrogens is 546 g/mol. The normalized spacial score (nSPS) is 15.9. The minimum Gasteiger partial charge on any atom is -0.309 e. The van der Waals surface area contributed by atoms with E-state index in [1.807, 2.05) is 36.5 Å². The van der Waals surface area contributed by atoms with Gasteiger partial charge in [0.1, 0.15) is 0 Å². The van der Waals surface area contributed by atoms with E-state index in [4.69, 9.17) is 9.97 Å². The van der Waals surface area contributed by atoms with Crippen molar-refractivity contribution in [1.82, 2.24) is 14.5 Å². The van der Waals surface area contributed by atoms with Crippen LogP contribution in [-0.4, -0.2) is 14.5 Å². The lowest BCUT2D eigenvalue weighted by molar-refractivity contribution is 0.739. The second-order valence-corrected chi connectivity index (χ2v) is 11.5. The molecule has 0 spiro atoms. The number of para-hydroxylation sites is 2. The number of rotatable bonds is 6. The lowest BCUT2D eigenvalue weighted by Crippen LogP contribution is -2.29. The first kappa shape index (κ1) is 26.8. The summed E-state index contributed by atoms with van der Waals surface area (Å²) >= 11 is 0. The molecule has 2 aromatic heterocycles. The average molecular weight is 578 g/mol. The predicted octanol–water partition coefficient (Wildman–Crippen LogP) is 10.2. The lowest BCUT2D eigenvalue weighted by atomic mass is 9.68. The van der Waals surface area contributed by atoms with E-state index >= 15 is 0 Å². The molecule has 214 valence electrons. The van der Waals surface area contributed by atoms with Crippen LogP contribution in [0.4, 0.5) is 0 Å². The standard InChI is InChI=1S/C42H31N3/c1-3-4-6-15-29(2)42(36-21-12-9-20-35(36)40-37(42)28-43-41(44-40)30-16-7-5-8-17-30)31-24-26-32(27-25-31)45-38-22-13-10-18-33(38)34-19-11-14-23-39(34)45/h3-28H,1H2,2H3/b6-4-,29-15+. The molecule has 1 atom stereocenters. The van der Waals surface area contributed by atoms with E-state index in [0.717, 1.165) is 33.9 Å². The van der Waals surface area contributed by atoms with Crippen molar-refractivity contribution < 1.29 is 0 Å². The highest BCUT2D eigenvalue weighted by molar-refractivity contribution is 6.09. The maximum absolute atomic E-state index is 5.21. The second kappa shape index (κ2) is 10.7. The number of aromatic nitrogens is 3. The summed E-state index contributed by atoms with van der Waals surface area (Å²) in [7, 11) is 0. The molecule has 0 aliphatic heterocycles. The molecule has 1 aliphatic rings. The van der Waals surface area contributed by atoms with E-state index in [1.54, 1.807) is 0 Å². The quantitative estimate of drug-likeness (QED) is 0.184. The molecule has 0 fully saturated rings. The molecule has 8 rings (SSSR count). The Kier molecular flexibility index (Phi) is 6.39. The van der Waals surface area contributed by atoms with Crippen LogP contribution in [0.5, 0.6) is 0 Å². The van der Waals surface area contributed by atoms with Gasteiger partial charge in [-0.05, 0) is 42.3 Å². The number of allylic oxidation sites excluding steroid dienone is 5. The minimum absolute atomic E-state index is 0.563. The third-order valence-electron chi connectivity index (χ3n) is 9.13. The maximum Gasteiger partial charge on any atom is 0.159 e. The smallest absolute Gasteiger partial charge is 0.159 e. The summed E-state index contributed by atoms with van der Waals surface area (Å²) in [5.41, 5.74) is 10.8. The van der Waals surface area contributed by atoms with E-state index in [0.29, 0.717) is 0 Å². The zero-order valence-electron chi connectivity index (χ0n) is 25.1. The zero-order chi connectivity index (χ0) is 30.4. The number of nitrogens with zero attached hydrogens (tertiary/aromatic N) is 3. The molecule has 0 radical (unpaired) electrons. The molecule has 0 saturated heterocycles. The van der Waals surface area contributed by atoms with Crippen molar-refractivity contribution in [2.75, 3.05) is 0 Å². The molecule has 0 N–H and O–H groups in total. The fourth-order valence-corrected chi connectivity index (χ4v) is 7.18. The Morgan fingerprint density at radius 2 is 1.33 bits per heavy atom. The highest BCUT2D eigenvalue weighted by Crippen LogP contribution is 2.55. The molecule has 3 nitrogen and oxygen atoms in total. The van der Waals surface area contributed by atoms with Gasteiger partial charge >= 0.3 is 0 Å². The van der Waals surface area contributed by atoms with Crippen LogP contribution >= 0.6 is 0 Å². The Morgan fingerprint density at radius 1 is 0.689 bits per heavy atom. The summed E-state index contributed by atoms with van der Waals surface area (Å²) in [6, 6.07) is 45.2. The van der Waals surface area contributed by atoms with Crippen LogP contribution in [-0.2, 0) is 5.41 Å². The first-order valence-corrected chi connectivity index (χ1v) is 15.3. The number of hydrogen-bond acceptors (Lipinski definition) is 2. The maximum atomic E-state index is 5.21. The highest BCUT2D eigenvalue weighted by atomic mass is 15.0. The SMILES string of the molecule is C=C/C=C\C=C(/C)C1(c2ccc(-n3c4ccccc4c4ccccc43)cc2)c2ccccc2-c2nc(-c3ccccc3)ncc21. The van der Waals surface area contributed by atoms with Gasteiger partial charge in [-0.1, -0.05) is 140 Å². The molecule has 7 aromatic rings. The molecule has 2 heterocycles. The summed E-state index contributed by atoms with van der Waals surface area (Å²) in [6.07, 6.45) is 10.1. The first-order valence-electron chi connectivity index (χ1n) is 15.3. The fourth-order valence-electron chi connectivity index (χ4n) is 7.18. The average Bonchev–Trinajstić information content (AvgIpc) is 3.60. The van der Waals surface area contributed by atoms with Gasteiger partial charge in [0.2, 0.25) is 0 Å². The van der Waals surface area contributed by atoms with Crippen molar-refractivity contribution in [1.29, 1.82) is 0 Å². The van der Waals surface area contributed by atoms with E-state index < -0.39 is 5.41 Å². The van der Waals surface area contributed by atoms with E-state index in [2.05, 4.69) is 139 Å². The predicted molar refractivity (Wildman–Crippen MR) is 187 cm³/mol. The molecule has 0 saturated carbocycles. The van der Waals surface area contributed by atoms with Gasteiger partial charge in [-0.25, -0.2) is 9.97 Å². The molecule has 0 amide bonds. The van der Waals surface area contributed by atoms with Gasteiger partial charge in [-0.15, -0.1) is 0 Å². The van der Waals surface area contributed by atoms with E-state index in [9.17, 15) is 0 Å². The first-order chi connectivity index (χ1) is 22.2. The number of benzene rings is 5. The number of fused-ring (bicyclic) bond motifs is 6. The van der Waals surface area contributed by atoms with Gasteiger partial charge in [-0.3, -0.25) is 0 Å². The van der Waals surface area contributed by atoms with Gasteiger partial charge < -0.3 is 4.57 Å². The lowest BCUT2D eigenvalue weighted by Gasteiger charge is -2.34. The molecule has 1 aliphatic carbocycles. The van der Waals surface area contributed by atoms with Crippen LogP contribution in [0, 0.1) is 0 Å². The second-order valence-electron chi connectivity index (χ2n) is 11.5. The fraction of sp³-hybridized carbons (Fsp3) is 0.0476. The summed E-state index contributed by atoms with van der Waals surface area (Å²) in [6.45, 7) is 6.09. The minimum atomic E-state index is -0.563. The van der Waals surface area contributed by atoms with Crippen molar-refractivity contribution >= 4 is 21.8 Å². The summed E-state index contributed by atoms with van der Waals surface area (Å²) in [5.74, 6) is 0.731. The van der Waals surface area contributed by atoms with Crippen molar-refractivity contribution in [3.8, 4) is 28.3 Å². The molecule has 3 heteroatoms. The molecule has 5 aromatic carbocycles. The van der Waals surface area contributed by atoms with Gasteiger partial charge in [0.05, 0.1) is 22.1 Å². The Morgan fingerprint density at radius 3 is 2.04 bits per heavy atom. The Hall–Kier alpha value is -5.80. The van der Waals surface area contributed by atoms with Crippen LogP contribution in [0.15, 0.2) is 170 Å². The largest absolute Gasteiger partial charge is 0.309 e. The van der Waals surface area contributed by atoms with E-state index in [1.165, 1.54) is 38.5 Å². The summed E-state index contributed by atoms with van der Waals surface area (Å²) in [4.78, 5) is 10.2. The third-order valence-corrected chi connectivity index (χ3v) is 9.13. The van der Waals surface area contributed by atoms with Crippen LogP contribution in [0.2, 0.25) is 0 Å². The third kappa shape index (κ3) is 4.05. The van der Waals surface area contributed by atoms with Crippen molar-refractivity contribution in [2.24, 2.45) is 0 Å². The van der Waals surface area contributed by atoms with Crippen LogP contribution in [0.3, 0.4) is 0 Å². The molecule has 45 heavy (non-hydrogen) atoms. The Balaban J connectivity index is 1.37. The Labute approximate surface area is 263 Å². The van der Waals surface area contributed by atoms with Gasteiger partial charge in [0.15, 0.2) is 5.82 Å². The van der Waals surface area contributed by atoms with Crippen LogP contribution < -0.4 is 0 Å². The molecular formula is C42H31N3. The van der Waals surface area contributed by atoms with Crippen LogP contribution in [0.25, 0.3) is 50.1 Å². The number of hydrogen-bond donors (Lipinski definition) is 0. The Bertz CT molecular complexity index is 2230. The monoisotopic (exact) mass is 577 g/mol. The summed E-state index contributed by atoms with van der Waals surface area (Å²) < 4.78 is 2.36. The topological polar surface area (TPSA) is 30.7 Å². The van der Waals surface area contributed by atoms with Crippen molar-refractivity contribution in [3.63, 3.8) is 0 Å². The van der Waals surface area contributed by atoms with E-state index in [-0.39, 0.29) is 0 Å². The zero-order valence-corrected chi connectivity index (χ0v) is 25.1. The van der Waals surface area contributed by atoms with Gasteiger partial charge in [-0.2, -0.15) is 0 Å². The highest BCUT2D eigenvalue weighted by Gasteiger charge is 2.47. The van der Waals surface area contributed by atoms with Crippen molar-refractivity contribution in [2.45, 2.75) is 12.3 Å². The van der Waals surface area contributed by atoms with Gasteiger partial charge in [0.25, 0.3) is 0 Å². The molecule has 0 bridgehead atoms. The molecule has 1 unspecified atom stereocenters. The van der Waals surface area contributed by atoms with Crippen LogP contribution in [0.1, 0.15) is 23.6 Å². The van der Waals surface area contributed by atoms with Gasteiger partial charge in [0, 0.05) is 39.3 Å².